The van der Waals surface area contributed by atoms with Crippen molar-refractivity contribution in [3.8, 4) is 5.75 Å². The highest BCUT2D eigenvalue weighted by molar-refractivity contribution is 5.31. The first-order valence-corrected chi connectivity index (χ1v) is 5.21. The van der Waals surface area contributed by atoms with Crippen molar-refractivity contribution in [1.82, 2.24) is 9.97 Å². The average molecular weight is 236 g/mol. The third-order valence-electron chi connectivity index (χ3n) is 2.51. The van der Waals surface area contributed by atoms with Gasteiger partial charge in [0.1, 0.15) is 11.9 Å². The van der Waals surface area contributed by atoms with Crippen molar-refractivity contribution < 1.29 is 14.2 Å². The second-order valence-electron chi connectivity index (χ2n) is 3.63. The molecule has 90 valence electrons. The van der Waals surface area contributed by atoms with Crippen molar-refractivity contribution in [3.63, 3.8) is 0 Å². The molecule has 1 heterocycles. The van der Waals surface area contributed by atoms with Gasteiger partial charge in [-0.05, 0) is 11.6 Å². The number of hydrogen-bond acceptors (Lipinski definition) is 3. The maximum absolute atomic E-state index is 13.8. The normalized spacial score (nSPS) is 12.4. The quantitative estimate of drug-likeness (QED) is 0.851. The lowest BCUT2D eigenvalue weighted by Gasteiger charge is -2.10. The Morgan fingerprint density at radius 3 is 3.00 bits per heavy atom. The molecule has 0 saturated heterocycles. The number of imidazole rings is 1. The standard InChI is InChI=1S/C12H13FN2O2/c1-17-10-4-2-3-8(11(10)13)7-9(16)12-14-5-6-15-12/h2-6,9,16H,7H2,1H3,(H,14,15). The van der Waals surface area contributed by atoms with Crippen molar-refractivity contribution in [2.75, 3.05) is 7.11 Å². The number of nitrogens with one attached hydrogen (secondary N) is 1. The molecule has 2 rings (SSSR count). The van der Waals surface area contributed by atoms with Crippen LogP contribution in [0.4, 0.5) is 4.39 Å². The SMILES string of the molecule is COc1cccc(CC(O)c2ncc[nH]2)c1F. The lowest BCUT2D eigenvalue weighted by molar-refractivity contribution is 0.168. The van der Waals surface area contributed by atoms with Crippen LogP contribution in [0.3, 0.4) is 0 Å². The number of aliphatic hydroxyl groups is 1. The fourth-order valence-corrected chi connectivity index (χ4v) is 1.64. The van der Waals surface area contributed by atoms with Crippen LogP contribution < -0.4 is 4.74 Å². The van der Waals surface area contributed by atoms with Crippen LogP contribution in [-0.4, -0.2) is 22.2 Å². The van der Waals surface area contributed by atoms with E-state index in [0.717, 1.165) is 0 Å². The molecule has 0 radical (unpaired) electrons. The van der Waals surface area contributed by atoms with Gasteiger partial charge in [-0.25, -0.2) is 9.37 Å². The largest absolute Gasteiger partial charge is 0.494 e. The van der Waals surface area contributed by atoms with E-state index in [9.17, 15) is 9.50 Å². The molecule has 2 aromatic rings. The molecule has 5 heteroatoms. The summed E-state index contributed by atoms with van der Waals surface area (Å²) in [5.41, 5.74) is 0.397. The van der Waals surface area contributed by atoms with Gasteiger partial charge in [0.15, 0.2) is 11.6 Å². The minimum Gasteiger partial charge on any atom is -0.494 e. The smallest absolute Gasteiger partial charge is 0.168 e. The first-order chi connectivity index (χ1) is 8.22. The Morgan fingerprint density at radius 2 is 2.35 bits per heavy atom. The molecule has 0 aliphatic heterocycles. The Balaban J connectivity index is 2.19. The van der Waals surface area contributed by atoms with E-state index in [1.807, 2.05) is 0 Å². The maximum atomic E-state index is 13.8. The first kappa shape index (κ1) is 11.6. The molecule has 0 aliphatic rings. The van der Waals surface area contributed by atoms with Gasteiger partial charge in [0.25, 0.3) is 0 Å². The van der Waals surface area contributed by atoms with Crippen molar-refractivity contribution in [2.45, 2.75) is 12.5 Å². The topological polar surface area (TPSA) is 58.1 Å². The zero-order chi connectivity index (χ0) is 12.3. The van der Waals surface area contributed by atoms with Crippen molar-refractivity contribution in [1.29, 1.82) is 0 Å². The van der Waals surface area contributed by atoms with E-state index in [-0.39, 0.29) is 12.2 Å². The van der Waals surface area contributed by atoms with Gasteiger partial charge >= 0.3 is 0 Å². The van der Waals surface area contributed by atoms with Gasteiger partial charge in [0, 0.05) is 18.8 Å². The number of hydrogen-bond donors (Lipinski definition) is 2. The highest BCUT2D eigenvalue weighted by Crippen LogP contribution is 2.23. The molecular formula is C12H13FN2O2. The van der Waals surface area contributed by atoms with Gasteiger partial charge in [-0.3, -0.25) is 0 Å². The second kappa shape index (κ2) is 4.97. The van der Waals surface area contributed by atoms with Gasteiger partial charge in [-0.2, -0.15) is 0 Å². The summed E-state index contributed by atoms with van der Waals surface area (Å²) in [5.74, 6) is 0.155. The second-order valence-corrected chi connectivity index (χ2v) is 3.63. The number of nitrogens with zero attached hydrogens (tertiary/aromatic N) is 1. The summed E-state index contributed by atoms with van der Waals surface area (Å²) in [4.78, 5) is 6.72. The van der Waals surface area contributed by atoms with E-state index >= 15 is 0 Å². The summed E-state index contributed by atoms with van der Waals surface area (Å²) in [6.07, 6.45) is 2.45. The molecule has 1 aromatic carbocycles. The first-order valence-electron chi connectivity index (χ1n) is 5.21. The highest BCUT2D eigenvalue weighted by Gasteiger charge is 2.15. The van der Waals surface area contributed by atoms with E-state index in [0.29, 0.717) is 11.4 Å². The fourth-order valence-electron chi connectivity index (χ4n) is 1.64. The third-order valence-corrected chi connectivity index (χ3v) is 2.51. The Kier molecular flexibility index (Phi) is 3.39. The molecule has 0 bridgehead atoms. The zero-order valence-electron chi connectivity index (χ0n) is 9.35. The number of aliphatic hydroxyl groups excluding tert-OH is 1. The monoisotopic (exact) mass is 236 g/mol. The third kappa shape index (κ3) is 2.45. The van der Waals surface area contributed by atoms with Crippen LogP contribution in [0.25, 0.3) is 0 Å². The predicted molar refractivity (Wildman–Crippen MR) is 60.2 cm³/mol. The zero-order valence-corrected chi connectivity index (χ0v) is 9.35. The molecule has 0 fully saturated rings. The van der Waals surface area contributed by atoms with Crippen LogP contribution in [0.2, 0.25) is 0 Å². The maximum Gasteiger partial charge on any atom is 0.168 e. The van der Waals surface area contributed by atoms with E-state index in [1.165, 1.54) is 13.2 Å². The lowest BCUT2D eigenvalue weighted by Crippen LogP contribution is -2.06. The molecule has 1 aromatic heterocycles. The lowest BCUT2D eigenvalue weighted by atomic mass is 10.1. The van der Waals surface area contributed by atoms with Crippen LogP contribution in [-0.2, 0) is 6.42 Å². The fraction of sp³-hybridized carbons (Fsp3) is 0.250. The summed E-state index contributed by atoms with van der Waals surface area (Å²) < 4.78 is 18.7. The number of H-pyrrole nitrogens is 1. The van der Waals surface area contributed by atoms with Crippen molar-refractivity contribution in [2.24, 2.45) is 0 Å². The van der Waals surface area contributed by atoms with Crippen LogP contribution >= 0.6 is 0 Å². The Hall–Kier alpha value is -1.88. The molecule has 2 N–H and O–H groups in total. The number of benzene rings is 1. The summed E-state index contributed by atoms with van der Waals surface area (Å²) in [6.45, 7) is 0. The summed E-state index contributed by atoms with van der Waals surface area (Å²) >= 11 is 0. The number of aromatic amines is 1. The number of aromatic nitrogens is 2. The van der Waals surface area contributed by atoms with Gasteiger partial charge in [-0.1, -0.05) is 12.1 Å². The highest BCUT2D eigenvalue weighted by atomic mass is 19.1. The minimum absolute atomic E-state index is 0.149. The van der Waals surface area contributed by atoms with Crippen molar-refractivity contribution >= 4 is 0 Å². The molecule has 4 nitrogen and oxygen atoms in total. The number of halogens is 1. The van der Waals surface area contributed by atoms with Gasteiger partial charge in [0.2, 0.25) is 0 Å². The molecular weight excluding hydrogens is 223 g/mol. The molecule has 0 amide bonds. The summed E-state index contributed by atoms with van der Waals surface area (Å²) in [5, 5.41) is 9.85. The van der Waals surface area contributed by atoms with Crippen LogP contribution in [0.5, 0.6) is 5.75 Å². The van der Waals surface area contributed by atoms with Crippen molar-refractivity contribution in [3.05, 3.63) is 47.8 Å². The molecule has 0 saturated carbocycles. The number of methoxy groups -OCH3 is 1. The average Bonchev–Trinajstić information content (AvgIpc) is 2.85. The van der Waals surface area contributed by atoms with E-state index < -0.39 is 11.9 Å². The van der Waals surface area contributed by atoms with Gasteiger partial charge in [0.05, 0.1) is 7.11 Å². The minimum atomic E-state index is -0.855. The molecule has 0 aliphatic carbocycles. The Labute approximate surface area is 98.1 Å². The van der Waals surface area contributed by atoms with Crippen LogP contribution in [0.1, 0.15) is 17.5 Å². The molecule has 17 heavy (non-hydrogen) atoms. The number of ether oxygens (including phenoxy) is 1. The van der Waals surface area contributed by atoms with Gasteiger partial charge < -0.3 is 14.8 Å². The van der Waals surface area contributed by atoms with Crippen LogP contribution in [0.15, 0.2) is 30.6 Å². The molecule has 1 unspecified atom stereocenters. The summed E-state index contributed by atoms with van der Waals surface area (Å²) in [6, 6.07) is 4.84. The van der Waals surface area contributed by atoms with E-state index in [2.05, 4.69) is 9.97 Å². The summed E-state index contributed by atoms with van der Waals surface area (Å²) in [7, 11) is 1.41. The van der Waals surface area contributed by atoms with E-state index in [1.54, 1.807) is 24.5 Å². The van der Waals surface area contributed by atoms with Crippen LogP contribution in [0, 0.1) is 5.82 Å². The molecule has 1 atom stereocenters. The van der Waals surface area contributed by atoms with E-state index in [4.69, 9.17) is 4.74 Å². The van der Waals surface area contributed by atoms with Gasteiger partial charge in [-0.15, -0.1) is 0 Å². The Bertz CT molecular complexity index is 485. The number of rotatable bonds is 4. The predicted octanol–water partition coefficient (Wildman–Crippen LogP) is 1.83. The Morgan fingerprint density at radius 1 is 1.53 bits per heavy atom. The molecule has 0 spiro atoms.